The molecular weight excluding hydrogens is 208 g/mol. The number of piperidine rings is 1. The number of hydrogen-bond donors (Lipinski definition) is 1. The SMILES string of the molecule is C#CC(CCC)NC(C)C1CCN(CC)CC1. The van der Waals surface area contributed by atoms with E-state index in [0.717, 1.165) is 18.8 Å². The van der Waals surface area contributed by atoms with Crippen LogP contribution in [0.5, 0.6) is 0 Å². The molecule has 1 aliphatic rings. The van der Waals surface area contributed by atoms with Crippen LogP contribution in [0.1, 0.15) is 46.5 Å². The second-order valence-corrected chi connectivity index (χ2v) is 5.23. The van der Waals surface area contributed by atoms with Crippen molar-refractivity contribution < 1.29 is 0 Å². The lowest BCUT2D eigenvalue weighted by molar-refractivity contribution is 0.166. The van der Waals surface area contributed by atoms with Crippen molar-refractivity contribution in [1.82, 2.24) is 10.2 Å². The second kappa shape index (κ2) is 7.74. The van der Waals surface area contributed by atoms with E-state index in [0.29, 0.717) is 6.04 Å². The Morgan fingerprint density at radius 1 is 1.35 bits per heavy atom. The molecule has 0 saturated carbocycles. The van der Waals surface area contributed by atoms with Crippen LogP contribution in [0.2, 0.25) is 0 Å². The van der Waals surface area contributed by atoms with Gasteiger partial charge in [0.15, 0.2) is 0 Å². The average molecular weight is 236 g/mol. The summed E-state index contributed by atoms with van der Waals surface area (Å²) in [6.07, 6.45) is 10.4. The Kier molecular flexibility index (Phi) is 6.62. The first-order chi connectivity index (χ1) is 8.21. The highest BCUT2D eigenvalue weighted by Crippen LogP contribution is 2.20. The largest absolute Gasteiger partial charge is 0.304 e. The highest BCUT2D eigenvalue weighted by atomic mass is 15.1. The summed E-state index contributed by atoms with van der Waals surface area (Å²) in [4.78, 5) is 2.54. The maximum absolute atomic E-state index is 5.56. The fraction of sp³-hybridized carbons (Fsp3) is 0.867. The molecule has 17 heavy (non-hydrogen) atoms. The van der Waals surface area contributed by atoms with Crippen molar-refractivity contribution in [3.63, 3.8) is 0 Å². The standard InChI is InChI=1S/C15H28N2/c1-5-8-15(6-2)16-13(4)14-9-11-17(7-3)12-10-14/h2,13-16H,5,7-12H2,1,3-4H3. The first-order valence-corrected chi connectivity index (χ1v) is 7.15. The quantitative estimate of drug-likeness (QED) is 0.713. The van der Waals surface area contributed by atoms with Gasteiger partial charge < -0.3 is 10.2 Å². The lowest BCUT2D eigenvalue weighted by atomic mass is 9.89. The maximum atomic E-state index is 5.56. The molecule has 1 heterocycles. The summed E-state index contributed by atoms with van der Waals surface area (Å²) in [6.45, 7) is 10.4. The molecule has 2 unspecified atom stereocenters. The Morgan fingerprint density at radius 2 is 2.00 bits per heavy atom. The Bertz CT molecular complexity index is 236. The van der Waals surface area contributed by atoms with E-state index in [4.69, 9.17) is 6.42 Å². The van der Waals surface area contributed by atoms with Gasteiger partial charge in [-0.05, 0) is 51.7 Å². The fourth-order valence-electron chi connectivity index (χ4n) is 2.73. The van der Waals surface area contributed by atoms with Crippen molar-refractivity contribution in [1.29, 1.82) is 0 Å². The van der Waals surface area contributed by atoms with E-state index in [2.05, 4.69) is 36.9 Å². The first-order valence-electron chi connectivity index (χ1n) is 7.15. The Labute approximate surface area is 107 Å². The average Bonchev–Trinajstić information content (AvgIpc) is 2.38. The smallest absolute Gasteiger partial charge is 0.0688 e. The van der Waals surface area contributed by atoms with Crippen LogP contribution in [-0.4, -0.2) is 36.6 Å². The Morgan fingerprint density at radius 3 is 2.47 bits per heavy atom. The summed E-state index contributed by atoms with van der Waals surface area (Å²) in [7, 11) is 0. The van der Waals surface area contributed by atoms with Crippen LogP contribution in [0, 0.1) is 18.3 Å². The van der Waals surface area contributed by atoms with Gasteiger partial charge in [0.25, 0.3) is 0 Å². The van der Waals surface area contributed by atoms with E-state index in [9.17, 15) is 0 Å². The number of likely N-dealkylation sites (tertiary alicyclic amines) is 1. The lowest BCUT2D eigenvalue weighted by Gasteiger charge is -2.35. The number of nitrogens with one attached hydrogen (secondary N) is 1. The molecule has 0 radical (unpaired) electrons. The number of nitrogens with zero attached hydrogens (tertiary/aromatic N) is 1. The van der Waals surface area contributed by atoms with E-state index < -0.39 is 0 Å². The number of hydrogen-bond acceptors (Lipinski definition) is 2. The molecule has 2 atom stereocenters. The molecular formula is C15H28N2. The number of rotatable bonds is 6. The second-order valence-electron chi connectivity index (χ2n) is 5.23. The Balaban J connectivity index is 2.33. The molecule has 1 rings (SSSR count). The van der Waals surface area contributed by atoms with Gasteiger partial charge in [0.2, 0.25) is 0 Å². The van der Waals surface area contributed by atoms with Gasteiger partial charge in [-0.3, -0.25) is 0 Å². The molecule has 1 fully saturated rings. The van der Waals surface area contributed by atoms with Gasteiger partial charge in [-0.1, -0.05) is 26.2 Å². The van der Waals surface area contributed by atoms with Crippen molar-refractivity contribution in [3.8, 4) is 12.3 Å². The van der Waals surface area contributed by atoms with E-state index >= 15 is 0 Å². The third kappa shape index (κ3) is 4.69. The first kappa shape index (κ1) is 14.5. The summed E-state index contributed by atoms with van der Waals surface area (Å²) in [5.41, 5.74) is 0. The summed E-state index contributed by atoms with van der Waals surface area (Å²) >= 11 is 0. The highest BCUT2D eigenvalue weighted by molar-refractivity contribution is 5.00. The molecule has 0 aromatic heterocycles. The predicted molar refractivity (Wildman–Crippen MR) is 75.0 cm³/mol. The molecule has 98 valence electrons. The van der Waals surface area contributed by atoms with Crippen LogP contribution in [0.3, 0.4) is 0 Å². The maximum Gasteiger partial charge on any atom is 0.0688 e. The van der Waals surface area contributed by atoms with Crippen LogP contribution >= 0.6 is 0 Å². The van der Waals surface area contributed by atoms with Crippen molar-refractivity contribution in [3.05, 3.63) is 0 Å². The zero-order valence-corrected chi connectivity index (χ0v) is 11.7. The molecule has 2 heteroatoms. The Hall–Kier alpha value is -0.520. The molecule has 0 aromatic rings. The summed E-state index contributed by atoms with van der Waals surface area (Å²) in [5, 5.41) is 3.62. The van der Waals surface area contributed by atoms with Gasteiger partial charge >= 0.3 is 0 Å². The minimum Gasteiger partial charge on any atom is -0.304 e. The van der Waals surface area contributed by atoms with Gasteiger partial charge in [0.1, 0.15) is 0 Å². The lowest BCUT2D eigenvalue weighted by Crippen LogP contribution is -2.45. The molecule has 1 saturated heterocycles. The van der Waals surface area contributed by atoms with Gasteiger partial charge in [-0.15, -0.1) is 6.42 Å². The van der Waals surface area contributed by atoms with Crippen molar-refractivity contribution in [2.24, 2.45) is 5.92 Å². The summed E-state index contributed by atoms with van der Waals surface area (Å²) in [5.74, 6) is 3.67. The molecule has 0 amide bonds. The van der Waals surface area contributed by atoms with Crippen LogP contribution in [-0.2, 0) is 0 Å². The van der Waals surface area contributed by atoms with Crippen molar-refractivity contribution >= 4 is 0 Å². The van der Waals surface area contributed by atoms with Crippen molar-refractivity contribution in [2.75, 3.05) is 19.6 Å². The summed E-state index contributed by atoms with van der Waals surface area (Å²) < 4.78 is 0. The van der Waals surface area contributed by atoms with Gasteiger partial charge in [0.05, 0.1) is 6.04 Å². The molecule has 1 N–H and O–H groups in total. The van der Waals surface area contributed by atoms with E-state index in [1.807, 2.05) is 0 Å². The molecule has 2 nitrogen and oxygen atoms in total. The van der Waals surface area contributed by atoms with E-state index in [1.165, 1.54) is 32.5 Å². The highest BCUT2D eigenvalue weighted by Gasteiger charge is 2.24. The molecule has 0 aliphatic carbocycles. The summed E-state index contributed by atoms with van der Waals surface area (Å²) in [6, 6.07) is 0.820. The van der Waals surface area contributed by atoms with Crippen LogP contribution in [0.15, 0.2) is 0 Å². The third-order valence-corrected chi connectivity index (χ3v) is 4.03. The topological polar surface area (TPSA) is 15.3 Å². The third-order valence-electron chi connectivity index (χ3n) is 4.03. The van der Waals surface area contributed by atoms with Gasteiger partial charge in [0, 0.05) is 6.04 Å². The van der Waals surface area contributed by atoms with Crippen LogP contribution < -0.4 is 5.32 Å². The minimum absolute atomic E-state index is 0.263. The zero-order chi connectivity index (χ0) is 12.7. The normalized spacial score (nSPS) is 22.0. The fourth-order valence-corrected chi connectivity index (χ4v) is 2.73. The molecule has 1 aliphatic heterocycles. The number of terminal acetylenes is 1. The van der Waals surface area contributed by atoms with E-state index in [1.54, 1.807) is 0 Å². The zero-order valence-electron chi connectivity index (χ0n) is 11.7. The minimum atomic E-state index is 0.263. The van der Waals surface area contributed by atoms with Gasteiger partial charge in [-0.2, -0.15) is 0 Å². The van der Waals surface area contributed by atoms with Crippen molar-refractivity contribution in [2.45, 2.75) is 58.5 Å². The molecule has 0 spiro atoms. The van der Waals surface area contributed by atoms with Gasteiger partial charge in [-0.25, -0.2) is 0 Å². The van der Waals surface area contributed by atoms with E-state index in [-0.39, 0.29) is 6.04 Å². The predicted octanol–water partition coefficient (Wildman–Crippen LogP) is 2.50. The van der Waals surface area contributed by atoms with Crippen LogP contribution in [0.25, 0.3) is 0 Å². The van der Waals surface area contributed by atoms with Crippen LogP contribution in [0.4, 0.5) is 0 Å². The molecule has 0 aromatic carbocycles. The molecule has 0 bridgehead atoms. The monoisotopic (exact) mass is 236 g/mol.